The number of ether oxygens (including phenoxy) is 2. The van der Waals surface area contributed by atoms with Crippen molar-refractivity contribution in [2.24, 2.45) is 0 Å². The third kappa shape index (κ3) is 2.92. The van der Waals surface area contributed by atoms with Gasteiger partial charge in [0.05, 0.1) is 12.9 Å². The van der Waals surface area contributed by atoms with Crippen LogP contribution in [0.5, 0.6) is 0 Å². The van der Waals surface area contributed by atoms with Crippen LogP contribution >= 0.6 is 7.82 Å². The summed E-state index contributed by atoms with van der Waals surface area (Å²) in [4.78, 5) is 22.0. The quantitative estimate of drug-likeness (QED) is 0.734. The number of hydrogen-bond donors (Lipinski definition) is 2. The zero-order valence-electron chi connectivity index (χ0n) is 13.4. The van der Waals surface area contributed by atoms with Gasteiger partial charge in [-0.05, 0) is 6.42 Å². The van der Waals surface area contributed by atoms with Gasteiger partial charge in [0.1, 0.15) is 30.2 Å². The molecule has 12 heteroatoms. The Morgan fingerprint density at radius 2 is 2.32 bits per heavy atom. The number of phosphoric acid groups is 1. The van der Waals surface area contributed by atoms with Gasteiger partial charge in [-0.2, -0.15) is 0 Å². The number of fused-ring (bicyclic) bond motifs is 2. The fourth-order valence-corrected chi connectivity index (χ4v) is 3.99. The highest BCUT2D eigenvalue weighted by atomic mass is 31.2. The number of anilines is 1. The molecule has 2 aliphatic rings. The molecule has 2 aromatic heterocycles. The minimum absolute atomic E-state index is 0.0648. The summed E-state index contributed by atoms with van der Waals surface area (Å²) in [6.07, 6.45) is 1.08. The molecule has 25 heavy (non-hydrogen) atoms. The van der Waals surface area contributed by atoms with Crippen LogP contribution in [0.4, 0.5) is 5.82 Å². The topological polar surface area (TPSA) is 144 Å². The van der Waals surface area contributed by atoms with Crippen molar-refractivity contribution < 1.29 is 28.0 Å². The molecule has 2 aliphatic heterocycles. The van der Waals surface area contributed by atoms with E-state index in [4.69, 9.17) is 24.3 Å². The summed E-state index contributed by atoms with van der Waals surface area (Å²) in [6, 6.07) is 0. The molecule has 0 bridgehead atoms. The summed E-state index contributed by atoms with van der Waals surface area (Å²) in [7, 11) is -4.12. The first-order chi connectivity index (χ1) is 12.0. The molecule has 3 N–H and O–H groups in total. The van der Waals surface area contributed by atoms with Crippen LogP contribution in [0.1, 0.15) is 19.6 Å². The highest BCUT2D eigenvalue weighted by Crippen LogP contribution is 2.53. The molecule has 0 aromatic carbocycles. The van der Waals surface area contributed by atoms with E-state index in [0.717, 1.165) is 6.42 Å². The van der Waals surface area contributed by atoms with Crippen molar-refractivity contribution in [2.75, 3.05) is 18.9 Å². The van der Waals surface area contributed by atoms with Gasteiger partial charge in [-0.15, -0.1) is 0 Å². The lowest BCUT2D eigenvalue weighted by Gasteiger charge is -2.29. The number of nitrogens with two attached hydrogens (primary N) is 1. The third-order valence-corrected chi connectivity index (χ3v) is 5.10. The first kappa shape index (κ1) is 16.8. The van der Waals surface area contributed by atoms with Crippen molar-refractivity contribution >= 4 is 24.8 Å². The molecule has 0 radical (unpaired) electrons. The second kappa shape index (κ2) is 6.27. The maximum absolute atomic E-state index is 11.8. The summed E-state index contributed by atoms with van der Waals surface area (Å²) < 4.78 is 35.4. The Morgan fingerprint density at radius 3 is 3.12 bits per heavy atom. The predicted molar refractivity (Wildman–Crippen MR) is 84.3 cm³/mol. The van der Waals surface area contributed by atoms with Crippen LogP contribution in [0, 0.1) is 0 Å². The normalized spacial score (nSPS) is 35.1. The monoisotopic (exact) mass is 371 g/mol. The van der Waals surface area contributed by atoms with Gasteiger partial charge < -0.3 is 20.1 Å². The fourth-order valence-electron chi connectivity index (χ4n) is 3.03. The Labute approximate surface area is 142 Å². The summed E-state index contributed by atoms with van der Waals surface area (Å²) in [5, 5.41) is 0. The molecule has 0 saturated carbocycles. The predicted octanol–water partition coefficient (Wildman–Crippen LogP) is 0.617. The molecule has 2 aromatic rings. The van der Waals surface area contributed by atoms with Crippen LogP contribution in [-0.4, -0.2) is 55.9 Å². The second-order valence-electron chi connectivity index (χ2n) is 5.82. The maximum atomic E-state index is 11.8. The summed E-state index contributed by atoms with van der Waals surface area (Å²) in [5.41, 5.74) is 6.75. The molecule has 1 unspecified atom stereocenters. The first-order valence-corrected chi connectivity index (χ1v) is 9.35. The number of nitrogen functional groups attached to an aromatic ring is 1. The molecule has 4 rings (SSSR count). The van der Waals surface area contributed by atoms with Crippen LogP contribution in [0.3, 0.4) is 0 Å². The Kier molecular flexibility index (Phi) is 4.22. The van der Waals surface area contributed by atoms with Crippen molar-refractivity contribution in [3.05, 3.63) is 12.7 Å². The number of aromatic nitrogens is 4. The van der Waals surface area contributed by atoms with E-state index in [1.807, 2.05) is 6.92 Å². The van der Waals surface area contributed by atoms with E-state index in [0.29, 0.717) is 17.8 Å². The second-order valence-corrected chi connectivity index (χ2v) is 7.22. The SMILES string of the molecule is CCCO[C@@H]1[C@@H]2OP(=O)(O)OC[C@H]2O[C@H]1n1cnc2c(N)ncnc21. The largest absolute Gasteiger partial charge is 0.472 e. The number of nitrogens with zero attached hydrogens (tertiary/aromatic N) is 4. The van der Waals surface area contributed by atoms with Crippen molar-refractivity contribution in [2.45, 2.75) is 37.9 Å². The fraction of sp³-hybridized carbons (Fsp3) is 0.615. The molecule has 4 heterocycles. The van der Waals surface area contributed by atoms with Gasteiger partial charge in [0.15, 0.2) is 17.7 Å². The Hall–Kier alpha value is -1.62. The van der Waals surface area contributed by atoms with Gasteiger partial charge in [-0.25, -0.2) is 19.5 Å². The third-order valence-electron chi connectivity index (χ3n) is 4.12. The summed E-state index contributed by atoms with van der Waals surface area (Å²) in [6.45, 7) is 2.34. The van der Waals surface area contributed by atoms with Crippen molar-refractivity contribution in [3.63, 3.8) is 0 Å². The molecular weight excluding hydrogens is 353 g/mol. The molecule has 0 aliphatic carbocycles. The average molecular weight is 371 g/mol. The van der Waals surface area contributed by atoms with Crippen molar-refractivity contribution in [1.29, 1.82) is 0 Å². The van der Waals surface area contributed by atoms with Crippen molar-refractivity contribution in [1.82, 2.24) is 19.5 Å². The van der Waals surface area contributed by atoms with E-state index in [-0.39, 0.29) is 12.4 Å². The van der Waals surface area contributed by atoms with Gasteiger partial charge in [-0.3, -0.25) is 13.6 Å². The number of imidazole rings is 1. The van der Waals surface area contributed by atoms with Crippen LogP contribution in [0.2, 0.25) is 0 Å². The highest BCUT2D eigenvalue weighted by molar-refractivity contribution is 7.47. The van der Waals surface area contributed by atoms with E-state index in [2.05, 4.69) is 15.0 Å². The van der Waals surface area contributed by atoms with Gasteiger partial charge in [0, 0.05) is 6.61 Å². The van der Waals surface area contributed by atoms with Gasteiger partial charge in [0.2, 0.25) is 0 Å². The molecule has 136 valence electrons. The van der Waals surface area contributed by atoms with E-state index >= 15 is 0 Å². The van der Waals surface area contributed by atoms with Crippen LogP contribution < -0.4 is 5.73 Å². The minimum atomic E-state index is -4.12. The first-order valence-electron chi connectivity index (χ1n) is 7.86. The number of hydrogen-bond acceptors (Lipinski definition) is 9. The Balaban J connectivity index is 1.71. The molecule has 11 nitrogen and oxygen atoms in total. The maximum Gasteiger partial charge on any atom is 0.472 e. The molecule has 0 amide bonds. The van der Waals surface area contributed by atoms with Crippen molar-refractivity contribution in [3.8, 4) is 0 Å². The number of rotatable bonds is 4. The lowest BCUT2D eigenvalue weighted by Crippen LogP contribution is -2.40. The van der Waals surface area contributed by atoms with Gasteiger partial charge >= 0.3 is 7.82 Å². The van der Waals surface area contributed by atoms with Crippen LogP contribution in [0.15, 0.2) is 12.7 Å². The van der Waals surface area contributed by atoms with E-state index in [1.54, 1.807) is 4.57 Å². The molecule has 2 fully saturated rings. The minimum Gasteiger partial charge on any atom is -0.382 e. The van der Waals surface area contributed by atoms with E-state index < -0.39 is 32.4 Å². The Morgan fingerprint density at radius 1 is 1.48 bits per heavy atom. The number of phosphoric ester groups is 1. The Bertz CT molecular complexity index is 830. The molecule has 5 atom stereocenters. The average Bonchev–Trinajstić information content (AvgIpc) is 3.14. The van der Waals surface area contributed by atoms with Gasteiger partial charge in [-0.1, -0.05) is 6.92 Å². The molecule has 0 spiro atoms. The van der Waals surface area contributed by atoms with Crippen LogP contribution in [0.25, 0.3) is 11.2 Å². The lowest BCUT2D eigenvalue weighted by atomic mass is 10.1. The molecular formula is C13H18N5O6P. The standard InChI is InChI=1S/C13H18N5O6P/c1-2-3-21-10-9-7(4-22-25(19,20)24-9)23-13(10)18-6-17-8-11(14)15-5-16-12(8)18/h5-7,9-10,13H,2-4H2,1H3,(H,19,20)(H2,14,15,16)/t7-,9-,10-,13-/m1/s1. The van der Waals surface area contributed by atoms with Gasteiger partial charge in [0.25, 0.3) is 0 Å². The summed E-state index contributed by atoms with van der Waals surface area (Å²) >= 11 is 0. The van der Waals surface area contributed by atoms with E-state index in [9.17, 15) is 9.46 Å². The highest BCUT2D eigenvalue weighted by Gasteiger charge is 2.53. The lowest BCUT2D eigenvalue weighted by molar-refractivity contribution is -0.0682. The smallest absolute Gasteiger partial charge is 0.382 e. The summed E-state index contributed by atoms with van der Waals surface area (Å²) in [5.74, 6) is 0.254. The zero-order valence-corrected chi connectivity index (χ0v) is 14.3. The van der Waals surface area contributed by atoms with Crippen LogP contribution in [-0.2, 0) is 23.1 Å². The van der Waals surface area contributed by atoms with E-state index in [1.165, 1.54) is 12.7 Å². The molecule has 2 saturated heterocycles. The zero-order chi connectivity index (χ0) is 17.6.